The molecule has 2 aromatic rings. The molecule has 0 bridgehead atoms. The van der Waals surface area contributed by atoms with E-state index >= 15 is 0 Å². The minimum absolute atomic E-state index is 0.565. The average molecular weight is 228 g/mol. The van der Waals surface area contributed by atoms with Gasteiger partial charge in [-0.25, -0.2) is 4.98 Å². The zero-order valence-corrected chi connectivity index (χ0v) is 9.83. The van der Waals surface area contributed by atoms with E-state index in [0.717, 1.165) is 30.1 Å². The van der Waals surface area contributed by atoms with Gasteiger partial charge in [-0.3, -0.25) is 0 Å². The number of nitrogens with one attached hydrogen (secondary N) is 1. The Kier molecular flexibility index (Phi) is 2.03. The molecule has 3 nitrogen and oxygen atoms in total. The van der Waals surface area contributed by atoms with Crippen LogP contribution in [0.5, 0.6) is 0 Å². The molecule has 1 N–H and O–H groups in total. The van der Waals surface area contributed by atoms with Gasteiger partial charge in [0.25, 0.3) is 0 Å². The van der Waals surface area contributed by atoms with Gasteiger partial charge in [0.05, 0.1) is 0 Å². The Balaban J connectivity index is 1.81. The number of hydrogen-bond donors (Lipinski definition) is 1. The van der Waals surface area contributed by atoms with Gasteiger partial charge in [-0.15, -0.1) is 0 Å². The van der Waals surface area contributed by atoms with Crippen molar-refractivity contribution in [2.24, 2.45) is 0 Å². The highest BCUT2D eigenvalue weighted by atomic mass is 16.3. The number of nitrogens with zero attached hydrogens (tertiary/aromatic N) is 1. The lowest BCUT2D eigenvalue weighted by Crippen LogP contribution is -1.99. The Morgan fingerprint density at radius 3 is 2.71 bits per heavy atom. The smallest absolute Gasteiger partial charge is 0.198 e. The van der Waals surface area contributed by atoms with Crippen molar-refractivity contribution < 1.29 is 4.42 Å². The van der Waals surface area contributed by atoms with Crippen molar-refractivity contribution >= 4 is 11.1 Å². The van der Waals surface area contributed by atoms with Crippen LogP contribution in [0.1, 0.15) is 48.6 Å². The van der Waals surface area contributed by atoms with Crippen molar-refractivity contribution in [2.45, 2.75) is 44.7 Å². The highest BCUT2D eigenvalue weighted by Gasteiger charge is 2.23. The Morgan fingerprint density at radius 1 is 1.12 bits per heavy atom. The maximum atomic E-state index is 5.94. The summed E-state index contributed by atoms with van der Waals surface area (Å²) in [6.45, 7) is 1.93. The van der Waals surface area contributed by atoms with E-state index in [9.17, 15) is 0 Å². The maximum absolute atomic E-state index is 5.94. The third kappa shape index (κ3) is 1.49. The topological polar surface area (TPSA) is 38.1 Å². The molecule has 1 aromatic heterocycles. The summed E-state index contributed by atoms with van der Waals surface area (Å²) in [4.78, 5) is 4.68. The number of oxazole rings is 1. The molecule has 0 atom stereocenters. The van der Waals surface area contributed by atoms with E-state index in [1.165, 1.54) is 36.8 Å². The fourth-order valence-corrected chi connectivity index (χ4v) is 3.09. The molecule has 0 spiro atoms. The van der Waals surface area contributed by atoms with Gasteiger partial charge in [-0.05, 0) is 36.1 Å². The molecular weight excluding hydrogens is 212 g/mol. The minimum Gasteiger partial charge on any atom is -0.440 e. The lowest BCUT2D eigenvalue weighted by atomic mass is 10.1. The van der Waals surface area contributed by atoms with Crippen LogP contribution in [0, 0.1) is 0 Å². The van der Waals surface area contributed by atoms with Crippen molar-refractivity contribution in [3.63, 3.8) is 0 Å². The molecule has 3 heteroatoms. The monoisotopic (exact) mass is 228 g/mol. The SMILES string of the molecule is c1c2c(cc3oc(C4CCCC4)nc13)CNC2. The molecular formula is C14H16N2O. The van der Waals surface area contributed by atoms with Gasteiger partial charge in [-0.1, -0.05) is 12.8 Å². The lowest BCUT2D eigenvalue weighted by molar-refractivity contribution is 0.474. The molecule has 0 amide bonds. The lowest BCUT2D eigenvalue weighted by Gasteiger charge is -2.00. The van der Waals surface area contributed by atoms with E-state index in [1.54, 1.807) is 0 Å². The quantitative estimate of drug-likeness (QED) is 0.815. The zero-order valence-electron chi connectivity index (χ0n) is 9.83. The van der Waals surface area contributed by atoms with Gasteiger partial charge in [0.15, 0.2) is 11.5 Å². The Hall–Kier alpha value is -1.35. The summed E-state index contributed by atoms with van der Waals surface area (Å²) in [5.41, 5.74) is 4.75. The Morgan fingerprint density at radius 2 is 1.88 bits per heavy atom. The van der Waals surface area contributed by atoms with E-state index in [2.05, 4.69) is 22.4 Å². The third-order valence-corrected chi connectivity index (χ3v) is 4.06. The molecule has 17 heavy (non-hydrogen) atoms. The summed E-state index contributed by atoms with van der Waals surface area (Å²) in [5.74, 6) is 1.53. The Labute approximate surface area is 100 Å². The zero-order chi connectivity index (χ0) is 11.2. The van der Waals surface area contributed by atoms with Crippen LogP contribution in [0.25, 0.3) is 11.1 Å². The van der Waals surface area contributed by atoms with Crippen LogP contribution in [0.15, 0.2) is 16.5 Å². The molecule has 1 aliphatic carbocycles. The molecule has 0 radical (unpaired) electrons. The minimum atomic E-state index is 0.565. The second-order valence-corrected chi connectivity index (χ2v) is 5.23. The molecule has 2 heterocycles. The van der Waals surface area contributed by atoms with Gasteiger partial charge in [0, 0.05) is 19.0 Å². The van der Waals surface area contributed by atoms with Crippen LogP contribution >= 0.6 is 0 Å². The molecule has 4 rings (SSSR count). The van der Waals surface area contributed by atoms with Crippen LogP contribution < -0.4 is 5.32 Å². The second kappa shape index (κ2) is 3.57. The van der Waals surface area contributed by atoms with Crippen molar-refractivity contribution in [3.05, 3.63) is 29.2 Å². The second-order valence-electron chi connectivity index (χ2n) is 5.23. The average Bonchev–Trinajstić information content (AvgIpc) is 3.05. The number of fused-ring (bicyclic) bond motifs is 2. The van der Waals surface area contributed by atoms with Crippen LogP contribution in [-0.2, 0) is 13.1 Å². The number of hydrogen-bond acceptors (Lipinski definition) is 3. The fraction of sp³-hybridized carbons (Fsp3) is 0.500. The van der Waals surface area contributed by atoms with E-state index in [4.69, 9.17) is 4.42 Å². The molecule has 2 aliphatic rings. The molecule has 1 aliphatic heterocycles. The van der Waals surface area contributed by atoms with Crippen LogP contribution in [0.3, 0.4) is 0 Å². The molecule has 1 saturated carbocycles. The number of benzene rings is 1. The highest BCUT2D eigenvalue weighted by Crippen LogP contribution is 2.35. The summed E-state index contributed by atoms with van der Waals surface area (Å²) in [6.07, 6.45) is 5.13. The van der Waals surface area contributed by atoms with Crippen LogP contribution in [0.4, 0.5) is 0 Å². The summed E-state index contributed by atoms with van der Waals surface area (Å²) >= 11 is 0. The van der Waals surface area contributed by atoms with Crippen molar-refractivity contribution in [3.8, 4) is 0 Å². The van der Waals surface area contributed by atoms with E-state index < -0.39 is 0 Å². The maximum Gasteiger partial charge on any atom is 0.198 e. The van der Waals surface area contributed by atoms with Gasteiger partial charge >= 0.3 is 0 Å². The Bertz CT molecular complexity index is 526. The van der Waals surface area contributed by atoms with Gasteiger partial charge < -0.3 is 9.73 Å². The van der Waals surface area contributed by atoms with Crippen molar-refractivity contribution in [1.29, 1.82) is 0 Å². The summed E-state index contributed by atoms with van der Waals surface area (Å²) in [6, 6.07) is 4.35. The summed E-state index contributed by atoms with van der Waals surface area (Å²) in [5, 5.41) is 3.35. The first-order chi connectivity index (χ1) is 8.40. The van der Waals surface area contributed by atoms with Crippen molar-refractivity contribution in [1.82, 2.24) is 10.3 Å². The van der Waals surface area contributed by atoms with E-state index in [-0.39, 0.29) is 0 Å². The first-order valence-corrected chi connectivity index (χ1v) is 6.53. The predicted octanol–water partition coefficient (Wildman–Crippen LogP) is 3.09. The van der Waals surface area contributed by atoms with Gasteiger partial charge in [0.2, 0.25) is 0 Å². The van der Waals surface area contributed by atoms with E-state index in [1.807, 2.05) is 0 Å². The predicted molar refractivity (Wildman–Crippen MR) is 65.8 cm³/mol. The van der Waals surface area contributed by atoms with Crippen molar-refractivity contribution in [2.75, 3.05) is 0 Å². The first kappa shape index (κ1) is 9.66. The normalized spacial score (nSPS) is 20.2. The molecule has 0 saturated heterocycles. The first-order valence-electron chi connectivity index (χ1n) is 6.53. The van der Waals surface area contributed by atoms with Crippen LogP contribution in [-0.4, -0.2) is 4.98 Å². The standard InChI is InChI=1S/C14H16N2O/c1-2-4-9(3-1)14-16-12-5-10-7-15-8-11(10)6-13(12)17-14/h5-6,9,15H,1-4,7-8H2. The largest absolute Gasteiger partial charge is 0.440 e. The summed E-state index contributed by atoms with van der Waals surface area (Å²) in [7, 11) is 0. The number of aromatic nitrogens is 1. The molecule has 88 valence electrons. The molecule has 1 aromatic carbocycles. The van der Waals surface area contributed by atoms with E-state index in [0.29, 0.717) is 5.92 Å². The highest BCUT2D eigenvalue weighted by molar-refractivity contribution is 5.75. The fourth-order valence-electron chi connectivity index (χ4n) is 3.09. The summed E-state index contributed by atoms with van der Waals surface area (Å²) < 4.78 is 5.94. The molecule has 1 fully saturated rings. The van der Waals surface area contributed by atoms with Crippen LogP contribution in [0.2, 0.25) is 0 Å². The molecule has 0 unspecified atom stereocenters. The van der Waals surface area contributed by atoms with Gasteiger partial charge in [-0.2, -0.15) is 0 Å². The van der Waals surface area contributed by atoms with Gasteiger partial charge in [0.1, 0.15) is 5.52 Å². The third-order valence-electron chi connectivity index (χ3n) is 4.06. The number of rotatable bonds is 1.